The second-order valence-corrected chi connectivity index (χ2v) is 5.52. The number of ether oxygens (including phenoxy) is 1. The average Bonchev–Trinajstić information content (AvgIpc) is 2.98. The van der Waals surface area contributed by atoms with Crippen molar-refractivity contribution in [1.82, 2.24) is 14.4 Å². The highest BCUT2D eigenvalue weighted by Crippen LogP contribution is 2.10. The van der Waals surface area contributed by atoms with Crippen molar-refractivity contribution in [2.45, 2.75) is 6.92 Å². The number of carbonyl (C=O) groups excluding carboxylic acids is 2. The molecule has 1 amide bonds. The molecule has 0 saturated heterocycles. The molecule has 0 fully saturated rings. The number of nitrogens with one attached hydrogen (secondary N) is 1. The Morgan fingerprint density at radius 1 is 1.33 bits per heavy atom. The van der Waals surface area contributed by atoms with E-state index in [0.717, 1.165) is 5.56 Å². The summed E-state index contributed by atoms with van der Waals surface area (Å²) in [7, 11) is 0. The third kappa shape index (κ3) is 3.69. The van der Waals surface area contributed by atoms with Gasteiger partial charge < -0.3 is 14.5 Å². The first kappa shape index (κ1) is 15.9. The van der Waals surface area contributed by atoms with Crippen LogP contribution in [0.4, 0.5) is 5.82 Å². The van der Waals surface area contributed by atoms with E-state index in [1.54, 1.807) is 28.9 Å². The standard InChI is InChI=1S/C16H13ClN4O3/c1-10-4-5-21-8-12(19-14(21)6-10)16(23)24-9-15(22)20-13-3-2-11(17)7-18-13/h2-8H,9H2,1H3,(H,18,20,22). The van der Waals surface area contributed by atoms with Gasteiger partial charge in [0.15, 0.2) is 12.3 Å². The molecule has 3 aromatic heterocycles. The summed E-state index contributed by atoms with van der Waals surface area (Å²) in [5.74, 6) is -0.850. The van der Waals surface area contributed by atoms with Gasteiger partial charge in [-0.25, -0.2) is 14.8 Å². The van der Waals surface area contributed by atoms with Gasteiger partial charge in [-0.2, -0.15) is 0 Å². The molecule has 3 rings (SSSR count). The van der Waals surface area contributed by atoms with Gasteiger partial charge in [-0.15, -0.1) is 0 Å². The maximum absolute atomic E-state index is 12.0. The number of rotatable bonds is 4. The van der Waals surface area contributed by atoms with Crippen LogP contribution in [0.15, 0.2) is 42.9 Å². The zero-order chi connectivity index (χ0) is 17.1. The van der Waals surface area contributed by atoms with E-state index in [0.29, 0.717) is 16.5 Å². The molecule has 8 heteroatoms. The quantitative estimate of drug-likeness (QED) is 0.735. The monoisotopic (exact) mass is 344 g/mol. The predicted molar refractivity (Wildman–Crippen MR) is 88.1 cm³/mol. The zero-order valence-corrected chi connectivity index (χ0v) is 13.4. The van der Waals surface area contributed by atoms with Crippen LogP contribution in [-0.2, 0) is 9.53 Å². The molecule has 0 atom stereocenters. The van der Waals surface area contributed by atoms with Gasteiger partial charge in [0.05, 0.1) is 5.02 Å². The predicted octanol–water partition coefficient (Wildman–Crippen LogP) is 2.49. The third-order valence-corrected chi connectivity index (χ3v) is 3.38. The first-order chi connectivity index (χ1) is 11.5. The number of pyridine rings is 2. The SMILES string of the molecule is Cc1ccn2cc(C(=O)OCC(=O)Nc3ccc(Cl)cn3)nc2c1. The summed E-state index contributed by atoms with van der Waals surface area (Å²) >= 11 is 5.71. The topological polar surface area (TPSA) is 85.6 Å². The summed E-state index contributed by atoms with van der Waals surface area (Å²) in [6.07, 6.45) is 4.75. The second-order valence-electron chi connectivity index (χ2n) is 5.08. The molecule has 0 unspecified atom stereocenters. The molecular weight excluding hydrogens is 332 g/mol. The molecule has 0 aliphatic rings. The van der Waals surface area contributed by atoms with Gasteiger partial charge in [-0.1, -0.05) is 11.6 Å². The lowest BCUT2D eigenvalue weighted by Gasteiger charge is -2.04. The molecule has 3 aromatic rings. The summed E-state index contributed by atoms with van der Waals surface area (Å²) in [5.41, 5.74) is 1.80. The maximum Gasteiger partial charge on any atom is 0.359 e. The number of imidazole rings is 1. The summed E-state index contributed by atoms with van der Waals surface area (Å²) in [6.45, 7) is 1.50. The van der Waals surface area contributed by atoms with Crippen LogP contribution in [0.2, 0.25) is 5.02 Å². The van der Waals surface area contributed by atoms with Crippen LogP contribution in [0.25, 0.3) is 5.65 Å². The molecule has 0 aromatic carbocycles. The van der Waals surface area contributed by atoms with Crippen molar-refractivity contribution in [1.29, 1.82) is 0 Å². The lowest BCUT2D eigenvalue weighted by atomic mass is 10.3. The van der Waals surface area contributed by atoms with Crippen LogP contribution in [0.5, 0.6) is 0 Å². The minimum atomic E-state index is -0.671. The Hall–Kier alpha value is -2.93. The van der Waals surface area contributed by atoms with Crippen LogP contribution in [0.3, 0.4) is 0 Å². The van der Waals surface area contributed by atoms with Crippen molar-refractivity contribution in [3.63, 3.8) is 0 Å². The number of fused-ring (bicyclic) bond motifs is 1. The minimum absolute atomic E-state index is 0.137. The fraction of sp³-hybridized carbons (Fsp3) is 0.125. The van der Waals surface area contributed by atoms with Crippen LogP contribution in [0.1, 0.15) is 16.1 Å². The van der Waals surface area contributed by atoms with Gasteiger partial charge in [0.25, 0.3) is 5.91 Å². The van der Waals surface area contributed by atoms with E-state index < -0.39 is 18.5 Å². The number of hydrogen-bond acceptors (Lipinski definition) is 5. The minimum Gasteiger partial charge on any atom is -0.451 e. The molecule has 0 saturated carbocycles. The molecule has 0 aliphatic carbocycles. The number of esters is 1. The maximum atomic E-state index is 12.0. The first-order valence-electron chi connectivity index (χ1n) is 7.05. The van der Waals surface area contributed by atoms with E-state index in [1.165, 1.54) is 6.20 Å². The van der Waals surface area contributed by atoms with E-state index in [2.05, 4.69) is 15.3 Å². The summed E-state index contributed by atoms with van der Waals surface area (Å²) < 4.78 is 6.67. The second kappa shape index (κ2) is 6.67. The Bertz CT molecular complexity index is 905. The highest BCUT2D eigenvalue weighted by Gasteiger charge is 2.14. The molecule has 0 bridgehead atoms. The number of carbonyl (C=O) groups is 2. The van der Waals surface area contributed by atoms with Crippen LogP contribution < -0.4 is 5.32 Å². The average molecular weight is 345 g/mol. The molecular formula is C16H13ClN4O3. The summed E-state index contributed by atoms with van der Waals surface area (Å²) in [6, 6.07) is 6.88. The highest BCUT2D eigenvalue weighted by molar-refractivity contribution is 6.30. The summed E-state index contributed by atoms with van der Waals surface area (Å²) in [5, 5.41) is 2.96. The fourth-order valence-electron chi connectivity index (χ4n) is 2.02. The number of nitrogens with zero attached hydrogens (tertiary/aromatic N) is 3. The van der Waals surface area contributed by atoms with Crippen molar-refractivity contribution in [2.75, 3.05) is 11.9 Å². The molecule has 1 N–H and O–H groups in total. The summed E-state index contributed by atoms with van der Waals surface area (Å²) in [4.78, 5) is 31.8. The van der Waals surface area contributed by atoms with Crippen LogP contribution >= 0.6 is 11.6 Å². The molecule has 7 nitrogen and oxygen atoms in total. The lowest BCUT2D eigenvalue weighted by molar-refractivity contribution is -0.119. The van der Waals surface area contributed by atoms with Crippen molar-refractivity contribution >= 4 is 34.9 Å². The van der Waals surface area contributed by atoms with Crippen LogP contribution in [0, 0.1) is 6.92 Å². The first-order valence-corrected chi connectivity index (χ1v) is 7.43. The number of halogens is 1. The van der Waals surface area contributed by atoms with E-state index >= 15 is 0 Å². The van der Waals surface area contributed by atoms with Gasteiger partial charge in [0, 0.05) is 18.6 Å². The number of hydrogen-bond donors (Lipinski definition) is 1. The Morgan fingerprint density at radius 3 is 2.92 bits per heavy atom. The molecule has 0 spiro atoms. The molecule has 0 aliphatic heterocycles. The Labute approximate surface area is 142 Å². The fourth-order valence-corrected chi connectivity index (χ4v) is 2.13. The number of anilines is 1. The Kier molecular flexibility index (Phi) is 4.43. The van der Waals surface area contributed by atoms with E-state index in [-0.39, 0.29) is 5.69 Å². The molecule has 122 valence electrons. The van der Waals surface area contributed by atoms with E-state index in [4.69, 9.17) is 16.3 Å². The van der Waals surface area contributed by atoms with Crippen molar-refractivity contribution in [3.05, 3.63) is 59.1 Å². The van der Waals surface area contributed by atoms with Gasteiger partial charge in [-0.05, 0) is 36.8 Å². The number of aromatic nitrogens is 3. The van der Waals surface area contributed by atoms with Gasteiger partial charge in [0.1, 0.15) is 11.5 Å². The number of aryl methyl sites for hydroxylation is 1. The Balaban J connectivity index is 1.59. The van der Waals surface area contributed by atoms with Crippen molar-refractivity contribution in [3.8, 4) is 0 Å². The smallest absolute Gasteiger partial charge is 0.359 e. The van der Waals surface area contributed by atoms with Gasteiger partial charge >= 0.3 is 5.97 Å². The van der Waals surface area contributed by atoms with E-state index in [9.17, 15) is 9.59 Å². The van der Waals surface area contributed by atoms with E-state index in [1.807, 2.05) is 19.1 Å². The molecule has 3 heterocycles. The van der Waals surface area contributed by atoms with Crippen LogP contribution in [-0.4, -0.2) is 32.9 Å². The highest BCUT2D eigenvalue weighted by atomic mass is 35.5. The largest absolute Gasteiger partial charge is 0.451 e. The number of amides is 1. The lowest BCUT2D eigenvalue weighted by Crippen LogP contribution is -2.21. The zero-order valence-electron chi connectivity index (χ0n) is 12.7. The third-order valence-electron chi connectivity index (χ3n) is 3.15. The van der Waals surface area contributed by atoms with Crippen molar-refractivity contribution < 1.29 is 14.3 Å². The molecule has 0 radical (unpaired) electrons. The molecule has 24 heavy (non-hydrogen) atoms. The normalized spacial score (nSPS) is 10.6. The van der Waals surface area contributed by atoms with Gasteiger partial charge in [0.2, 0.25) is 0 Å². The Morgan fingerprint density at radius 2 is 2.17 bits per heavy atom. The van der Waals surface area contributed by atoms with Crippen molar-refractivity contribution in [2.24, 2.45) is 0 Å². The van der Waals surface area contributed by atoms with Gasteiger partial charge in [-0.3, -0.25) is 4.79 Å².